The van der Waals surface area contributed by atoms with Gasteiger partial charge in [0.1, 0.15) is 0 Å². The van der Waals surface area contributed by atoms with E-state index in [1.54, 1.807) is 0 Å². The molecule has 0 atom stereocenters. The number of rotatable bonds is 12. The fourth-order valence-electron chi connectivity index (χ4n) is 2.72. The molecule has 29 heavy (non-hydrogen) atoms. The van der Waals surface area contributed by atoms with Crippen molar-refractivity contribution in [2.45, 2.75) is 40.0 Å². The lowest BCUT2D eigenvalue weighted by molar-refractivity contribution is 0.109. The third-order valence-electron chi connectivity index (χ3n) is 4.14. The summed E-state index contributed by atoms with van der Waals surface area (Å²) >= 11 is 0. The van der Waals surface area contributed by atoms with Gasteiger partial charge in [0.15, 0.2) is 17.5 Å². The van der Waals surface area contributed by atoms with Crippen molar-refractivity contribution in [3.63, 3.8) is 0 Å². The number of fused-ring (bicyclic) bond motifs is 1. The third-order valence-corrected chi connectivity index (χ3v) is 4.14. The van der Waals surface area contributed by atoms with Crippen LogP contribution in [0.2, 0.25) is 0 Å². The number of ether oxygens (including phenoxy) is 4. The van der Waals surface area contributed by atoms with Crippen LogP contribution in [0, 0.1) is 5.92 Å². The molecule has 1 heterocycles. The Labute approximate surface area is 175 Å². The molecular weight excluding hydrogens is 370 g/mol. The van der Waals surface area contributed by atoms with Gasteiger partial charge in [-0.1, -0.05) is 13.8 Å². The van der Waals surface area contributed by atoms with Crippen LogP contribution in [0.3, 0.4) is 0 Å². The average Bonchev–Trinajstić information content (AvgIpc) is 2.95. The SMILES string of the molecule is CCOCCCNC(=NCCCOCC(C)C)Nc1ccc2c(c1)OCCCO2. The molecule has 2 N–H and O–H groups in total. The lowest BCUT2D eigenvalue weighted by Gasteiger charge is -2.15. The Morgan fingerprint density at radius 2 is 1.90 bits per heavy atom. The average molecular weight is 408 g/mol. The predicted octanol–water partition coefficient (Wildman–Crippen LogP) is 3.69. The van der Waals surface area contributed by atoms with Crippen LogP contribution in [0.15, 0.2) is 23.2 Å². The molecule has 1 aromatic carbocycles. The maximum Gasteiger partial charge on any atom is 0.195 e. The van der Waals surface area contributed by atoms with Crippen LogP contribution < -0.4 is 20.1 Å². The molecule has 1 aromatic rings. The number of nitrogens with one attached hydrogen (secondary N) is 2. The van der Waals surface area contributed by atoms with Crippen LogP contribution in [-0.2, 0) is 9.47 Å². The number of nitrogens with zero attached hydrogens (tertiary/aromatic N) is 1. The van der Waals surface area contributed by atoms with Gasteiger partial charge in [0.2, 0.25) is 0 Å². The van der Waals surface area contributed by atoms with E-state index in [9.17, 15) is 0 Å². The van der Waals surface area contributed by atoms with Crippen molar-refractivity contribution >= 4 is 11.6 Å². The van der Waals surface area contributed by atoms with E-state index in [2.05, 4.69) is 29.5 Å². The Morgan fingerprint density at radius 3 is 2.69 bits per heavy atom. The standard InChI is InChI=1S/C22H37N3O4/c1-4-26-12-5-10-23-22(24-11-6-13-27-17-18(2)3)25-19-8-9-20-21(16-19)29-15-7-14-28-20/h8-9,16,18H,4-7,10-15,17H2,1-3H3,(H2,23,24,25). The van der Waals surface area contributed by atoms with Gasteiger partial charge in [-0.3, -0.25) is 4.99 Å². The van der Waals surface area contributed by atoms with Crippen LogP contribution in [0.1, 0.15) is 40.0 Å². The van der Waals surface area contributed by atoms with Crippen molar-refractivity contribution in [3.8, 4) is 11.5 Å². The second-order valence-electron chi connectivity index (χ2n) is 7.37. The molecule has 0 fully saturated rings. The largest absolute Gasteiger partial charge is 0.490 e. The Balaban J connectivity index is 1.89. The summed E-state index contributed by atoms with van der Waals surface area (Å²) in [6.07, 6.45) is 2.71. The highest BCUT2D eigenvalue weighted by Gasteiger charge is 2.11. The number of guanidine groups is 1. The number of benzene rings is 1. The fourth-order valence-corrected chi connectivity index (χ4v) is 2.72. The minimum atomic E-state index is 0.558. The first kappa shape index (κ1) is 23.3. The summed E-state index contributed by atoms with van der Waals surface area (Å²) in [6.45, 7) is 12.2. The van der Waals surface area contributed by atoms with Gasteiger partial charge in [-0.15, -0.1) is 0 Å². The minimum Gasteiger partial charge on any atom is -0.490 e. The first-order valence-electron chi connectivity index (χ1n) is 10.8. The molecule has 0 radical (unpaired) electrons. The Bertz CT molecular complexity index is 608. The van der Waals surface area contributed by atoms with Gasteiger partial charge in [0.05, 0.1) is 13.2 Å². The zero-order valence-corrected chi connectivity index (χ0v) is 18.2. The van der Waals surface area contributed by atoms with E-state index in [1.807, 2.05) is 25.1 Å². The molecular formula is C22H37N3O4. The summed E-state index contributed by atoms with van der Waals surface area (Å²) < 4.78 is 22.5. The first-order chi connectivity index (χ1) is 14.2. The summed E-state index contributed by atoms with van der Waals surface area (Å²) in [6, 6.07) is 5.88. The monoisotopic (exact) mass is 407 g/mol. The molecule has 0 unspecified atom stereocenters. The van der Waals surface area contributed by atoms with Crippen LogP contribution in [0.5, 0.6) is 11.5 Å². The molecule has 0 saturated carbocycles. The van der Waals surface area contributed by atoms with E-state index in [4.69, 9.17) is 18.9 Å². The molecule has 0 aliphatic carbocycles. The summed E-state index contributed by atoms with van der Waals surface area (Å²) in [4.78, 5) is 4.69. The molecule has 1 aliphatic rings. The Hall–Kier alpha value is -1.99. The normalized spacial score (nSPS) is 14.0. The molecule has 0 bridgehead atoms. The van der Waals surface area contributed by atoms with Gasteiger partial charge in [-0.2, -0.15) is 0 Å². The number of hydrogen-bond donors (Lipinski definition) is 2. The van der Waals surface area contributed by atoms with E-state index in [0.717, 1.165) is 75.4 Å². The van der Waals surface area contributed by atoms with E-state index in [1.165, 1.54) is 0 Å². The summed E-state index contributed by atoms with van der Waals surface area (Å²) in [5, 5.41) is 6.75. The van der Waals surface area contributed by atoms with E-state index < -0.39 is 0 Å². The molecule has 7 heteroatoms. The second kappa shape index (κ2) is 14.1. The molecule has 2 rings (SSSR count). The van der Waals surface area contributed by atoms with Gasteiger partial charge in [-0.05, 0) is 37.8 Å². The van der Waals surface area contributed by atoms with Crippen LogP contribution >= 0.6 is 0 Å². The summed E-state index contributed by atoms with van der Waals surface area (Å²) in [5.74, 6) is 2.87. The van der Waals surface area contributed by atoms with Crippen LogP contribution in [0.4, 0.5) is 5.69 Å². The Morgan fingerprint density at radius 1 is 1.10 bits per heavy atom. The van der Waals surface area contributed by atoms with Crippen molar-refractivity contribution in [2.75, 3.05) is 58.0 Å². The van der Waals surface area contributed by atoms with E-state index >= 15 is 0 Å². The van der Waals surface area contributed by atoms with Gasteiger partial charge in [0.25, 0.3) is 0 Å². The van der Waals surface area contributed by atoms with Crippen molar-refractivity contribution in [1.29, 1.82) is 0 Å². The van der Waals surface area contributed by atoms with Crippen LogP contribution in [0.25, 0.3) is 0 Å². The zero-order valence-electron chi connectivity index (χ0n) is 18.2. The highest BCUT2D eigenvalue weighted by atomic mass is 16.5. The smallest absolute Gasteiger partial charge is 0.195 e. The molecule has 0 spiro atoms. The maximum atomic E-state index is 5.78. The van der Waals surface area contributed by atoms with E-state index in [0.29, 0.717) is 25.7 Å². The lowest BCUT2D eigenvalue weighted by atomic mass is 10.2. The first-order valence-corrected chi connectivity index (χ1v) is 10.8. The second-order valence-corrected chi connectivity index (χ2v) is 7.37. The third kappa shape index (κ3) is 9.85. The summed E-state index contributed by atoms with van der Waals surface area (Å²) in [7, 11) is 0. The number of anilines is 1. The molecule has 0 saturated heterocycles. The van der Waals surface area contributed by atoms with Crippen molar-refractivity contribution < 1.29 is 18.9 Å². The van der Waals surface area contributed by atoms with Gasteiger partial charge in [-0.25, -0.2) is 0 Å². The number of aliphatic imine (C=N–C) groups is 1. The Kier molecular flexibility index (Phi) is 11.3. The molecule has 7 nitrogen and oxygen atoms in total. The highest BCUT2D eigenvalue weighted by Crippen LogP contribution is 2.32. The number of hydrogen-bond acceptors (Lipinski definition) is 5. The van der Waals surface area contributed by atoms with Gasteiger partial charge >= 0.3 is 0 Å². The fraction of sp³-hybridized carbons (Fsp3) is 0.682. The lowest BCUT2D eigenvalue weighted by Crippen LogP contribution is -2.32. The zero-order chi connectivity index (χ0) is 20.7. The van der Waals surface area contributed by atoms with Gasteiger partial charge < -0.3 is 29.6 Å². The predicted molar refractivity (Wildman–Crippen MR) is 117 cm³/mol. The van der Waals surface area contributed by atoms with Crippen molar-refractivity contribution in [3.05, 3.63) is 18.2 Å². The van der Waals surface area contributed by atoms with E-state index in [-0.39, 0.29) is 0 Å². The summed E-state index contributed by atoms with van der Waals surface area (Å²) in [5.41, 5.74) is 0.918. The van der Waals surface area contributed by atoms with Crippen molar-refractivity contribution in [1.82, 2.24) is 5.32 Å². The quantitative estimate of drug-likeness (QED) is 0.313. The topological polar surface area (TPSA) is 73.3 Å². The molecule has 0 aromatic heterocycles. The molecule has 1 aliphatic heterocycles. The van der Waals surface area contributed by atoms with Crippen molar-refractivity contribution in [2.24, 2.45) is 10.9 Å². The maximum absolute atomic E-state index is 5.78. The molecule has 164 valence electrons. The van der Waals surface area contributed by atoms with Crippen LogP contribution in [-0.4, -0.2) is 58.7 Å². The highest BCUT2D eigenvalue weighted by molar-refractivity contribution is 5.93. The van der Waals surface area contributed by atoms with Gasteiger partial charge in [0, 0.05) is 57.7 Å². The minimum absolute atomic E-state index is 0.558. The molecule has 0 amide bonds.